The molecule has 0 fully saturated rings. The van der Waals surface area contributed by atoms with E-state index in [1.54, 1.807) is 36.1 Å². The topological polar surface area (TPSA) is 120 Å². The molecule has 0 radical (unpaired) electrons. The number of thiazole rings is 1. The minimum atomic E-state index is -0.667. The molecule has 0 aliphatic heterocycles. The lowest BCUT2D eigenvalue weighted by Crippen LogP contribution is -2.14. The fourth-order valence-corrected chi connectivity index (χ4v) is 5.07. The SMILES string of the molecule is CCOC(=O)Nc1ccc(-n2nc(-c3cccnc3)c3c2-c2sc(NC(=O)OC)nc2CC3)c(F)c1. The summed E-state index contributed by atoms with van der Waals surface area (Å²) in [5.74, 6) is -0.586. The van der Waals surface area contributed by atoms with Crippen molar-refractivity contribution in [1.82, 2.24) is 19.7 Å². The van der Waals surface area contributed by atoms with Crippen LogP contribution in [0, 0.1) is 5.82 Å². The fraction of sp³-hybridized carbons (Fsp3) is 0.208. The van der Waals surface area contributed by atoms with Gasteiger partial charge in [0.1, 0.15) is 5.69 Å². The molecule has 2 N–H and O–H groups in total. The maximum absolute atomic E-state index is 15.4. The Morgan fingerprint density at radius 1 is 1.19 bits per heavy atom. The van der Waals surface area contributed by atoms with Gasteiger partial charge in [0.25, 0.3) is 0 Å². The zero-order chi connectivity index (χ0) is 25.2. The number of halogens is 1. The van der Waals surface area contributed by atoms with Crippen LogP contribution in [-0.4, -0.2) is 45.7 Å². The van der Waals surface area contributed by atoms with Crippen molar-refractivity contribution in [2.24, 2.45) is 0 Å². The fourth-order valence-electron chi connectivity index (χ4n) is 4.01. The highest BCUT2D eigenvalue weighted by Crippen LogP contribution is 2.44. The number of nitrogens with zero attached hydrogens (tertiary/aromatic N) is 4. The number of fused-ring (bicyclic) bond motifs is 3. The standard InChI is InChI=1S/C24H21FN6O4S/c1-3-35-24(33)27-14-6-9-18(16(25)11-14)31-20-15(19(30-31)13-5-4-10-26-12-13)7-8-17-21(20)36-22(28-17)29-23(32)34-2/h4-6,9-12H,3,7-8H2,1-2H3,(H,27,33)(H,28,29,32). The maximum atomic E-state index is 15.4. The molecule has 0 unspecified atom stereocenters. The third-order valence-corrected chi connectivity index (χ3v) is 6.55. The lowest BCUT2D eigenvalue weighted by atomic mass is 9.95. The minimum Gasteiger partial charge on any atom is -0.453 e. The van der Waals surface area contributed by atoms with Crippen LogP contribution in [0.5, 0.6) is 0 Å². The van der Waals surface area contributed by atoms with Crippen LogP contribution in [0.1, 0.15) is 18.2 Å². The van der Waals surface area contributed by atoms with Gasteiger partial charge >= 0.3 is 12.2 Å². The summed E-state index contributed by atoms with van der Waals surface area (Å²) in [4.78, 5) is 33.0. The Morgan fingerprint density at radius 2 is 2.06 bits per heavy atom. The summed E-state index contributed by atoms with van der Waals surface area (Å²) >= 11 is 1.27. The van der Waals surface area contributed by atoms with Crippen molar-refractivity contribution in [3.8, 4) is 27.5 Å². The number of hydrogen-bond acceptors (Lipinski definition) is 8. The van der Waals surface area contributed by atoms with Gasteiger partial charge in [0, 0.05) is 29.2 Å². The molecule has 36 heavy (non-hydrogen) atoms. The van der Waals surface area contributed by atoms with Gasteiger partial charge in [-0.2, -0.15) is 5.10 Å². The third kappa shape index (κ3) is 4.38. The van der Waals surface area contributed by atoms with Crippen LogP contribution in [0.25, 0.3) is 27.5 Å². The lowest BCUT2D eigenvalue weighted by molar-refractivity contribution is 0.168. The van der Waals surface area contributed by atoms with E-state index in [1.165, 1.54) is 24.5 Å². The highest BCUT2D eigenvalue weighted by atomic mass is 32.1. The molecular formula is C24H21FN6O4S. The van der Waals surface area contributed by atoms with E-state index in [9.17, 15) is 9.59 Å². The first kappa shape index (κ1) is 23.4. The van der Waals surface area contributed by atoms with Crippen molar-refractivity contribution in [2.75, 3.05) is 24.4 Å². The molecule has 0 saturated carbocycles. The Hall–Kier alpha value is -4.32. The first-order valence-electron chi connectivity index (χ1n) is 11.1. The van der Waals surface area contributed by atoms with Gasteiger partial charge in [0.15, 0.2) is 10.9 Å². The van der Waals surface area contributed by atoms with E-state index < -0.39 is 18.0 Å². The number of carbonyl (C=O) groups is 2. The van der Waals surface area contributed by atoms with Crippen LogP contribution < -0.4 is 10.6 Å². The lowest BCUT2D eigenvalue weighted by Gasteiger charge is -2.15. The molecule has 1 aromatic carbocycles. The second-order valence-electron chi connectivity index (χ2n) is 7.75. The van der Waals surface area contributed by atoms with Gasteiger partial charge in [-0.25, -0.2) is 23.6 Å². The Bertz CT molecular complexity index is 1450. The van der Waals surface area contributed by atoms with Crippen molar-refractivity contribution >= 4 is 34.3 Å². The predicted octanol–water partition coefficient (Wildman–Crippen LogP) is 5.04. The van der Waals surface area contributed by atoms with E-state index in [4.69, 9.17) is 9.84 Å². The number of pyridine rings is 1. The molecule has 184 valence electrons. The molecule has 0 spiro atoms. The van der Waals surface area contributed by atoms with Crippen molar-refractivity contribution in [2.45, 2.75) is 19.8 Å². The number of rotatable bonds is 5. The number of anilines is 2. The molecule has 10 nitrogen and oxygen atoms in total. The molecule has 1 aliphatic carbocycles. The Morgan fingerprint density at radius 3 is 2.78 bits per heavy atom. The Balaban J connectivity index is 1.63. The molecule has 5 rings (SSSR count). The van der Waals surface area contributed by atoms with Crippen molar-refractivity contribution in [1.29, 1.82) is 0 Å². The number of methoxy groups -OCH3 is 1. The summed E-state index contributed by atoms with van der Waals surface area (Å²) in [6.07, 6.45) is 3.35. The monoisotopic (exact) mass is 508 g/mol. The molecule has 0 bridgehead atoms. The number of nitrogens with one attached hydrogen (secondary N) is 2. The minimum absolute atomic E-state index is 0.194. The second kappa shape index (κ2) is 9.74. The van der Waals surface area contributed by atoms with Crippen LogP contribution in [0.15, 0.2) is 42.7 Å². The van der Waals surface area contributed by atoms with Gasteiger partial charge < -0.3 is 9.47 Å². The van der Waals surface area contributed by atoms with E-state index in [0.29, 0.717) is 29.4 Å². The van der Waals surface area contributed by atoms with E-state index >= 15 is 4.39 Å². The highest BCUT2D eigenvalue weighted by Gasteiger charge is 2.31. The normalized spacial score (nSPS) is 11.9. The zero-order valence-corrected chi connectivity index (χ0v) is 20.2. The van der Waals surface area contributed by atoms with Crippen LogP contribution in [0.2, 0.25) is 0 Å². The van der Waals surface area contributed by atoms with Crippen molar-refractivity contribution < 1.29 is 23.5 Å². The number of benzene rings is 1. The largest absolute Gasteiger partial charge is 0.453 e. The Labute approximate surface area is 209 Å². The first-order chi connectivity index (χ1) is 17.5. The summed E-state index contributed by atoms with van der Waals surface area (Å²) in [5.41, 5.74) is 4.33. The van der Waals surface area contributed by atoms with Crippen molar-refractivity contribution in [3.63, 3.8) is 0 Å². The van der Waals surface area contributed by atoms with Gasteiger partial charge in [-0.15, -0.1) is 0 Å². The Kier molecular flexibility index (Phi) is 6.34. The number of amides is 2. The molecular weight excluding hydrogens is 487 g/mol. The molecule has 2 amide bonds. The van der Waals surface area contributed by atoms with Crippen LogP contribution in [0.3, 0.4) is 0 Å². The van der Waals surface area contributed by atoms with Gasteiger partial charge in [-0.1, -0.05) is 11.3 Å². The van der Waals surface area contributed by atoms with Crippen LogP contribution in [-0.2, 0) is 22.3 Å². The molecule has 1 aliphatic rings. The summed E-state index contributed by atoms with van der Waals surface area (Å²) in [7, 11) is 1.28. The average Bonchev–Trinajstić information content (AvgIpc) is 3.45. The van der Waals surface area contributed by atoms with Gasteiger partial charge in [-0.05, 0) is 50.1 Å². The summed E-state index contributed by atoms with van der Waals surface area (Å²) in [6.45, 7) is 1.89. The number of aromatic nitrogens is 4. The van der Waals surface area contributed by atoms with E-state index in [2.05, 4.69) is 25.3 Å². The average molecular weight is 509 g/mol. The molecule has 0 atom stereocenters. The van der Waals surface area contributed by atoms with Gasteiger partial charge in [0.05, 0.1) is 35.7 Å². The van der Waals surface area contributed by atoms with Gasteiger partial charge in [-0.3, -0.25) is 15.6 Å². The molecule has 12 heteroatoms. The smallest absolute Gasteiger partial charge is 0.413 e. The van der Waals surface area contributed by atoms with E-state index in [-0.39, 0.29) is 18.0 Å². The van der Waals surface area contributed by atoms with E-state index in [0.717, 1.165) is 21.7 Å². The number of ether oxygens (including phenoxy) is 2. The summed E-state index contributed by atoms with van der Waals surface area (Å²) in [6, 6.07) is 8.05. The zero-order valence-electron chi connectivity index (χ0n) is 19.4. The quantitative estimate of drug-likeness (QED) is 0.387. The number of aryl methyl sites for hydroxylation is 1. The van der Waals surface area contributed by atoms with Crippen LogP contribution in [0.4, 0.5) is 24.8 Å². The number of hydrogen-bond donors (Lipinski definition) is 2. The molecule has 3 heterocycles. The number of carbonyl (C=O) groups excluding carboxylic acids is 2. The van der Waals surface area contributed by atoms with Crippen molar-refractivity contribution in [3.05, 3.63) is 59.8 Å². The highest BCUT2D eigenvalue weighted by molar-refractivity contribution is 7.19. The maximum Gasteiger partial charge on any atom is 0.413 e. The van der Waals surface area contributed by atoms with E-state index in [1.807, 2.05) is 12.1 Å². The molecule has 3 aromatic heterocycles. The van der Waals surface area contributed by atoms with Crippen LogP contribution >= 0.6 is 11.3 Å². The predicted molar refractivity (Wildman–Crippen MR) is 132 cm³/mol. The summed E-state index contributed by atoms with van der Waals surface area (Å²) < 4.78 is 26.5. The molecule has 0 saturated heterocycles. The summed E-state index contributed by atoms with van der Waals surface area (Å²) in [5, 5.41) is 10.3. The third-order valence-electron chi connectivity index (χ3n) is 5.53. The van der Waals surface area contributed by atoms with Gasteiger partial charge in [0.2, 0.25) is 0 Å². The molecule has 4 aromatic rings. The second-order valence-corrected chi connectivity index (χ2v) is 8.75. The first-order valence-corrected chi connectivity index (χ1v) is 11.9.